The highest BCUT2D eigenvalue weighted by Gasteiger charge is 2.43. The molecule has 0 aromatic rings. The number of hydrogen-bond acceptors (Lipinski definition) is 1. The van der Waals surface area contributed by atoms with E-state index < -0.39 is 0 Å². The van der Waals surface area contributed by atoms with E-state index in [0.29, 0.717) is 12.0 Å². The third kappa shape index (κ3) is 1.38. The number of carbonyl (C=O) groups is 1. The molecule has 2 aliphatic rings. The van der Waals surface area contributed by atoms with E-state index in [9.17, 15) is 4.79 Å². The average Bonchev–Trinajstić information content (AvgIpc) is 2.28. The van der Waals surface area contributed by atoms with Crippen molar-refractivity contribution in [3.8, 4) is 0 Å². The zero-order valence-corrected chi connectivity index (χ0v) is 8.34. The predicted octanol–water partition coefficient (Wildman–Crippen LogP) is 1.87. The average molecular weight is 179 g/mol. The van der Waals surface area contributed by atoms with Crippen LogP contribution in [0.2, 0.25) is 0 Å². The van der Waals surface area contributed by atoms with Crippen LogP contribution in [-0.2, 0) is 4.79 Å². The van der Waals surface area contributed by atoms with Gasteiger partial charge in [0.15, 0.2) is 0 Å². The molecule has 3 atom stereocenters. The maximum atomic E-state index is 11.0. The Balaban J connectivity index is 2.16. The monoisotopic (exact) mass is 179 g/mol. The number of fused-ring (bicyclic) bond motifs is 2. The molecule has 0 spiro atoms. The Morgan fingerprint density at radius 3 is 3.00 bits per heavy atom. The molecule has 1 saturated carbocycles. The maximum Gasteiger partial charge on any atom is 0.217 e. The van der Waals surface area contributed by atoms with Crippen LogP contribution in [0.1, 0.15) is 33.1 Å². The topological polar surface area (TPSA) is 29.1 Å². The van der Waals surface area contributed by atoms with Crippen molar-refractivity contribution in [2.75, 3.05) is 0 Å². The second-order valence-corrected chi connectivity index (χ2v) is 4.60. The van der Waals surface area contributed by atoms with Gasteiger partial charge in [-0.3, -0.25) is 4.79 Å². The molecule has 2 heteroatoms. The molecule has 0 aromatic heterocycles. The third-order valence-corrected chi connectivity index (χ3v) is 3.47. The lowest BCUT2D eigenvalue weighted by molar-refractivity contribution is -0.120. The first-order valence-corrected chi connectivity index (χ1v) is 5.08. The van der Waals surface area contributed by atoms with E-state index >= 15 is 0 Å². The highest BCUT2D eigenvalue weighted by atomic mass is 16.1. The van der Waals surface area contributed by atoms with Gasteiger partial charge in [0, 0.05) is 18.4 Å². The van der Waals surface area contributed by atoms with Crippen LogP contribution < -0.4 is 5.32 Å². The van der Waals surface area contributed by atoms with Gasteiger partial charge in [-0.25, -0.2) is 0 Å². The van der Waals surface area contributed by atoms with E-state index in [1.165, 1.54) is 19.3 Å². The molecule has 13 heavy (non-hydrogen) atoms. The van der Waals surface area contributed by atoms with Crippen LogP contribution in [0.5, 0.6) is 0 Å². The van der Waals surface area contributed by atoms with Gasteiger partial charge in [-0.05, 0) is 18.8 Å². The minimum atomic E-state index is 0.104. The van der Waals surface area contributed by atoms with Crippen molar-refractivity contribution in [1.29, 1.82) is 0 Å². The van der Waals surface area contributed by atoms with Crippen molar-refractivity contribution in [3.63, 3.8) is 0 Å². The zero-order valence-electron chi connectivity index (χ0n) is 8.34. The molecule has 0 aliphatic heterocycles. The summed E-state index contributed by atoms with van der Waals surface area (Å²) >= 11 is 0. The lowest BCUT2D eigenvalue weighted by Crippen LogP contribution is -2.48. The summed E-state index contributed by atoms with van der Waals surface area (Å²) in [6.07, 6.45) is 8.32. The Bertz CT molecular complexity index is 259. The Morgan fingerprint density at radius 2 is 2.38 bits per heavy atom. The van der Waals surface area contributed by atoms with Crippen molar-refractivity contribution >= 4 is 5.91 Å². The van der Waals surface area contributed by atoms with Gasteiger partial charge in [-0.15, -0.1) is 0 Å². The van der Waals surface area contributed by atoms with E-state index in [4.69, 9.17) is 0 Å². The van der Waals surface area contributed by atoms with Crippen molar-refractivity contribution in [2.45, 2.75) is 39.2 Å². The molecule has 0 unspecified atom stereocenters. The van der Waals surface area contributed by atoms with Gasteiger partial charge >= 0.3 is 0 Å². The van der Waals surface area contributed by atoms with Crippen LogP contribution in [-0.4, -0.2) is 11.9 Å². The summed E-state index contributed by atoms with van der Waals surface area (Å²) in [6, 6.07) is 0.360. The van der Waals surface area contributed by atoms with Crippen molar-refractivity contribution in [3.05, 3.63) is 12.2 Å². The molecule has 2 nitrogen and oxygen atoms in total. The number of carbonyl (C=O) groups excluding carboxylic acids is 1. The van der Waals surface area contributed by atoms with Gasteiger partial charge in [0.1, 0.15) is 0 Å². The molecule has 0 aromatic carbocycles. The van der Waals surface area contributed by atoms with Crippen LogP contribution in [0.3, 0.4) is 0 Å². The Kier molecular flexibility index (Phi) is 1.94. The smallest absolute Gasteiger partial charge is 0.217 e. The number of hydrogen-bond donors (Lipinski definition) is 1. The number of nitrogens with one attached hydrogen (secondary N) is 1. The molecule has 2 rings (SSSR count). The van der Waals surface area contributed by atoms with E-state index in [-0.39, 0.29) is 11.3 Å². The van der Waals surface area contributed by atoms with Crippen molar-refractivity contribution < 1.29 is 4.79 Å². The second kappa shape index (κ2) is 2.86. The fraction of sp³-hybridized carbons (Fsp3) is 0.727. The van der Waals surface area contributed by atoms with E-state index in [2.05, 4.69) is 24.4 Å². The van der Waals surface area contributed by atoms with Crippen molar-refractivity contribution in [2.24, 2.45) is 11.3 Å². The summed E-state index contributed by atoms with van der Waals surface area (Å²) in [5.74, 6) is 0.689. The molecule has 0 saturated heterocycles. The molecule has 1 fully saturated rings. The Labute approximate surface area is 79.4 Å². The van der Waals surface area contributed by atoms with Crippen LogP contribution >= 0.6 is 0 Å². The molecule has 2 aliphatic carbocycles. The summed E-state index contributed by atoms with van der Waals surface area (Å²) in [5.41, 5.74) is 0.231. The van der Waals surface area contributed by atoms with Crippen LogP contribution in [0.15, 0.2) is 12.2 Å². The molecule has 72 valence electrons. The third-order valence-electron chi connectivity index (χ3n) is 3.47. The first-order valence-electron chi connectivity index (χ1n) is 5.08. The number of amides is 1. The lowest BCUT2D eigenvalue weighted by Gasteiger charge is -2.38. The largest absolute Gasteiger partial charge is 0.352 e. The van der Waals surface area contributed by atoms with E-state index in [0.717, 1.165) is 0 Å². The summed E-state index contributed by atoms with van der Waals surface area (Å²) in [7, 11) is 0. The lowest BCUT2D eigenvalue weighted by atomic mass is 9.72. The zero-order chi connectivity index (χ0) is 9.47. The first kappa shape index (κ1) is 8.79. The highest BCUT2D eigenvalue weighted by molar-refractivity contribution is 5.73. The van der Waals surface area contributed by atoms with Crippen LogP contribution in [0.4, 0.5) is 0 Å². The van der Waals surface area contributed by atoms with Gasteiger partial charge in [-0.2, -0.15) is 0 Å². The fourth-order valence-corrected chi connectivity index (χ4v) is 2.76. The van der Waals surface area contributed by atoms with E-state index in [1.807, 2.05) is 0 Å². The molecule has 0 radical (unpaired) electrons. The van der Waals surface area contributed by atoms with Gasteiger partial charge in [0.2, 0.25) is 5.91 Å². The van der Waals surface area contributed by atoms with Gasteiger partial charge in [0.05, 0.1) is 0 Å². The minimum absolute atomic E-state index is 0.104. The minimum Gasteiger partial charge on any atom is -0.352 e. The SMILES string of the molecule is CC(=O)N[C@@H]1[C@H]2C=C[C@]1(C)CCC2. The quantitative estimate of drug-likeness (QED) is 0.612. The molecule has 0 heterocycles. The molecular formula is C11H17NO. The highest BCUT2D eigenvalue weighted by Crippen LogP contribution is 2.46. The normalized spacial score (nSPS) is 42.0. The van der Waals surface area contributed by atoms with Gasteiger partial charge in [0.25, 0.3) is 0 Å². The van der Waals surface area contributed by atoms with Gasteiger partial charge in [-0.1, -0.05) is 25.5 Å². The maximum absolute atomic E-state index is 11.0. The van der Waals surface area contributed by atoms with Crippen molar-refractivity contribution in [1.82, 2.24) is 5.32 Å². The molecule has 2 bridgehead atoms. The Hall–Kier alpha value is -0.790. The van der Waals surface area contributed by atoms with Crippen LogP contribution in [0, 0.1) is 11.3 Å². The Morgan fingerprint density at radius 1 is 1.62 bits per heavy atom. The summed E-state index contributed by atoms with van der Waals surface area (Å²) < 4.78 is 0. The molecule has 1 amide bonds. The predicted molar refractivity (Wildman–Crippen MR) is 52.2 cm³/mol. The first-order chi connectivity index (χ1) is 6.12. The molecule has 1 N–H and O–H groups in total. The van der Waals surface area contributed by atoms with Gasteiger partial charge < -0.3 is 5.32 Å². The second-order valence-electron chi connectivity index (χ2n) is 4.60. The van der Waals surface area contributed by atoms with Crippen LogP contribution in [0.25, 0.3) is 0 Å². The fourth-order valence-electron chi connectivity index (χ4n) is 2.76. The summed E-state index contributed by atoms with van der Waals surface area (Å²) in [6.45, 7) is 3.86. The number of rotatable bonds is 1. The summed E-state index contributed by atoms with van der Waals surface area (Å²) in [5, 5.41) is 3.08. The summed E-state index contributed by atoms with van der Waals surface area (Å²) in [4.78, 5) is 11.0. The molecular weight excluding hydrogens is 162 g/mol. The van der Waals surface area contributed by atoms with E-state index in [1.54, 1.807) is 6.92 Å². The standard InChI is InChI=1S/C11H17NO/c1-8(13)12-10-9-4-3-6-11(10,2)7-5-9/h5,7,9-10H,3-4,6H2,1-2H3,(H,12,13)/t9-,10-,11+/m1/s1.